The number of aryl methyl sites for hydroxylation is 2. The van der Waals surface area contributed by atoms with Crippen LogP contribution < -0.4 is 10.6 Å². The zero-order valence-corrected chi connectivity index (χ0v) is 17.7. The molecular formula is C22H23N5O2S. The van der Waals surface area contributed by atoms with Gasteiger partial charge in [-0.25, -0.2) is 14.5 Å². The van der Waals surface area contributed by atoms with Crippen molar-refractivity contribution in [1.29, 1.82) is 0 Å². The number of amides is 3. The molecule has 2 N–H and O–H groups in total. The molecule has 8 heteroatoms. The molecule has 1 aromatic heterocycles. The summed E-state index contributed by atoms with van der Waals surface area (Å²) < 4.78 is 1.85. The summed E-state index contributed by atoms with van der Waals surface area (Å²) in [5, 5.41) is 10.2. The van der Waals surface area contributed by atoms with Crippen molar-refractivity contribution in [3.63, 3.8) is 0 Å². The van der Waals surface area contributed by atoms with E-state index in [0.29, 0.717) is 16.8 Å². The van der Waals surface area contributed by atoms with E-state index in [1.165, 1.54) is 11.8 Å². The molecule has 30 heavy (non-hydrogen) atoms. The number of thioether (sulfide) groups is 1. The van der Waals surface area contributed by atoms with Crippen molar-refractivity contribution in [1.82, 2.24) is 20.1 Å². The van der Waals surface area contributed by atoms with Gasteiger partial charge in [-0.3, -0.25) is 10.1 Å². The van der Waals surface area contributed by atoms with Crippen LogP contribution in [0.25, 0.3) is 5.69 Å². The Morgan fingerprint density at radius 3 is 2.60 bits per heavy atom. The van der Waals surface area contributed by atoms with E-state index in [9.17, 15) is 9.59 Å². The number of nitrogens with zero attached hydrogens (tertiary/aromatic N) is 3. The van der Waals surface area contributed by atoms with E-state index in [1.807, 2.05) is 67.1 Å². The lowest BCUT2D eigenvalue weighted by Gasteiger charge is -2.09. The molecule has 0 bridgehead atoms. The molecule has 4 rings (SSSR count). The number of rotatable bonds is 6. The normalized spacial score (nSPS) is 13.1. The van der Waals surface area contributed by atoms with E-state index in [-0.39, 0.29) is 5.75 Å². The van der Waals surface area contributed by atoms with Gasteiger partial charge in [-0.1, -0.05) is 47.7 Å². The van der Waals surface area contributed by atoms with Crippen molar-refractivity contribution in [2.45, 2.75) is 37.8 Å². The molecule has 1 aliphatic rings. The van der Waals surface area contributed by atoms with Crippen LogP contribution >= 0.6 is 11.8 Å². The maximum absolute atomic E-state index is 12.2. The first-order valence-electron chi connectivity index (χ1n) is 9.83. The summed E-state index contributed by atoms with van der Waals surface area (Å²) in [6.45, 7) is 3.89. The highest BCUT2D eigenvalue weighted by Crippen LogP contribution is 2.40. The Balaban J connectivity index is 1.35. The summed E-state index contributed by atoms with van der Waals surface area (Å²) in [6.07, 6.45) is 2.21. The fourth-order valence-electron chi connectivity index (χ4n) is 3.13. The lowest BCUT2D eigenvalue weighted by atomic mass is 10.1. The van der Waals surface area contributed by atoms with E-state index in [2.05, 4.69) is 20.7 Å². The number of anilines is 1. The zero-order valence-electron chi connectivity index (χ0n) is 16.9. The van der Waals surface area contributed by atoms with Gasteiger partial charge in [0, 0.05) is 11.6 Å². The smallest absolute Gasteiger partial charge is 0.307 e. The van der Waals surface area contributed by atoms with Crippen LogP contribution in [0.4, 0.5) is 10.5 Å². The first kappa shape index (κ1) is 20.2. The summed E-state index contributed by atoms with van der Waals surface area (Å²) in [4.78, 5) is 29.0. The lowest BCUT2D eigenvalue weighted by Crippen LogP contribution is -2.35. The summed E-state index contributed by atoms with van der Waals surface area (Å²) in [6, 6.07) is 15.0. The second-order valence-corrected chi connectivity index (χ2v) is 8.33. The van der Waals surface area contributed by atoms with Crippen molar-refractivity contribution in [2.75, 3.05) is 11.1 Å². The Labute approximate surface area is 179 Å². The van der Waals surface area contributed by atoms with E-state index in [0.717, 1.165) is 35.5 Å². The standard InChI is InChI=1S/C22H23N5O2S/c1-14-8-11-18(15(2)12-14)23-21(29)24-19(28)13-30-22-25-20(16-9-10-16)27(26-22)17-6-4-3-5-7-17/h3-8,11-12,16H,9-10,13H2,1-2H3,(H2,23,24,28,29). The highest BCUT2D eigenvalue weighted by atomic mass is 32.2. The van der Waals surface area contributed by atoms with Crippen molar-refractivity contribution in [3.8, 4) is 5.69 Å². The predicted octanol–water partition coefficient (Wildman–Crippen LogP) is 4.20. The molecule has 1 fully saturated rings. The fraction of sp³-hybridized carbons (Fsp3) is 0.273. The molecule has 1 heterocycles. The molecule has 0 aliphatic heterocycles. The van der Waals surface area contributed by atoms with Gasteiger partial charge in [0.1, 0.15) is 5.82 Å². The van der Waals surface area contributed by atoms with Crippen LogP contribution in [0.1, 0.15) is 35.7 Å². The Bertz CT molecular complexity index is 1080. The van der Waals surface area contributed by atoms with E-state index in [1.54, 1.807) is 0 Å². The molecule has 2 aromatic carbocycles. The molecule has 0 spiro atoms. The average Bonchev–Trinajstić information content (AvgIpc) is 3.48. The maximum Gasteiger partial charge on any atom is 0.325 e. The van der Waals surface area contributed by atoms with Crippen molar-refractivity contribution in [3.05, 3.63) is 65.5 Å². The molecule has 1 saturated carbocycles. The minimum atomic E-state index is -0.547. The number of aromatic nitrogens is 3. The number of imide groups is 1. The minimum Gasteiger partial charge on any atom is -0.307 e. The average molecular weight is 422 g/mol. The molecule has 3 aromatic rings. The van der Waals surface area contributed by atoms with Crippen LogP contribution in [-0.4, -0.2) is 32.5 Å². The number of para-hydroxylation sites is 1. The lowest BCUT2D eigenvalue weighted by molar-refractivity contribution is -0.117. The van der Waals surface area contributed by atoms with E-state index < -0.39 is 11.9 Å². The van der Waals surface area contributed by atoms with Crippen molar-refractivity contribution in [2.24, 2.45) is 0 Å². The highest BCUT2D eigenvalue weighted by Gasteiger charge is 2.30. The number of benzene rings is 2. The van der Waals surface area contributed by atoms with Crippen molar-refractivity contribution < 1.29 is 9.59 Å². The molecule has 0 atom stereocenters. The third-order valence-electron chi connectivity index (χ3n) is 4.77. The summed E-state index contributed by atoms with van der Waals surface area (Å²) >= 11 is 1.22. The first-order valence-corrected chi connectivity index (χ1v) is 10.8. The van der Waals surface area contributed by atoms with Gasteiger partial charge in [0.25, 0.3) is 0 Å². The highest BCUT2D eigenvalue weighted by molar-refractivity contribution is 7.99. The molecule has 154 valence electrons. The number of urea groups is 1. The largest absolute Gasteiger partial charge is 0.325 e. The second kappa shape index (κ2) is 8.71. The van der Waals surface area contributed by atoms with Gasteiger partial charge < -0.3 is 5.32 Å². The quantitative estimate of drug-likeness (QED) is 0.582. The zero-order chi connectivity index (χ0) is 21.1. The van der Waals surface area contributed by atoms with E-state index in [4.69, 9.17) is 0 Å². The molecule has 3 amide bonds. The third kappa shape index (κ3) is 4.88. The van der Waals surface area contributed by atoms with Gasteiger partial charge in [-0.05, 0) is 50.5 Å². The molecular weight excluding hydrogens is 398 g/mol. The Morgan fingerprint density at radius 1 is 1.13 bits per heavy atom. The summed E-state index contributed by atoms with van der Waals surface area (Å²) in [5.74, 6) is 1.01. The van der Waals surface area contributed by atoms with Crippen LogP contribution in [0.5, 0.6) is 0 Å². The number of nitrogens with one attached hydrogen (secondary N) is 2. The molecule has 0 unspecified atom stereocenters. The van der Waals surface area contributed by atoms with Gasteiger partial charge in [0.2, 0.25) is 11.1 Å². The first-order chi connectivity index (χ1) is 14.5. The molecule has 7 nitrogen and oxygen atoms in total. The van der Waals surface area contributed by atoms with Crippen molar-refractivity contribution >= 4 is 29.4 Å². The summed E-state index contributed by atoms with van der Waals surface area (Å²) in [5.41, 5.74) is 3.68. The fourth-order valence-corrected chi connectivity index (χ4v) is 3.76. The molecule has 0 saturated heterocycles. The maximum atomic E-state index is 12.2. The van der Waals surface area contributed by atoms with Gasteiger partial charge in [-0.15, -0.1) is 5.10 Å². The van der Waals surface area contributed by atoms with Gasteiger partial charge >= 0.3 is 6.03 Å². The number of hydrogen-bond acceptors (Lipinski definition) is 5. The monoisotopic (exact) mass is 421 g/mol. The van der Waals surface area contributed by atoms with Gasteiger partial charge in [0.15, 0.2) is 0 Å². The second-order valence-electron chi connectivity index (χ2n) is 7.38. The molecule has 0 radical (unpaired) electrons. The third-order valence-corrected chi connectivity index (χ3v) is 5.61. The SMILES string of the molecule is Cc1ccc(NC(=O)NC(=O)CSc2nc(C3CC3)n(-c3ccccc3)n2)c(C)c1. The Hall–Kier alpha value is -3.13. The van der Waals surface area contributed by atoms with Crippen LogP contribution in [0.15, 0.2) is 53.7 Å². The van der Waals surface area contributed by atoms with Crippen LogP contribution in [-0.2, 0) is 4.79 Å². The minimum absolute atomic E-state index is 0.0587. The predicted molar refractivity (Wildman–Crippen MR) is 117 cm³/mol. The van der Waals surface area contributed by atoms with Crippen LogP contribution in [0.3, 0.4) is 0 Å². The van der Waals surface area contributed by atoms with Gasteiger partial charge in [0.05, 0.1) is 11.4 Å². The number of hydrogen-bond donors (Lipinski definition) is 2. The Morgan fingerprint density at radius 2 is 1.90 bits per heavy atom. The number of carbonyl (C=O) groups excluding carboxylic acids is 2. The number of carbonyl (C=O) groups is 2. The van der Waals surface area contributed by atoms with Crippen LogP contribution in [0.2, 0.25) is 0 Å². The molecule has 1 aliphatic carbocycles. The Kier molecular flexibility index (Phi) is 5.85. The topological polar surface area (TPSA) is 88.9 Å². The van der Waals surface area contributed by atoms with Crippen LogP contribution in [0, 0.1) is 13.8 Å². The summed E-state index contributed by atoms with van der Waals surface area (Å²) in [7, 11) is 0. The van der Waals surface area contributed by atoms with E-state index >= 15 is 0 Å². The van der Waals surface area contributed by atoms with Gasteiger partial charge in [-0.2, -0.15) is 0 Å².